The zero-order valence-electron chi connectivity index (χ0n) is 11.3. The van der Waals surface area contributed by atoms with Crippen molar-refractivity contribution in [2.75, 3.05) is 0 Å². The maximum absolute atomic E-state index is 13.4. The third kappa shape index (κ3) is 2.85. The zero-order valence-corrected chi connectivity index (χ0v) is 12.8. The second-order valence-corrected chi connectivity index (χ2v) is 5.62. The van der Waals surface area contributed by atoms with Crippen LogP contribution in [0.15, 0.2) is 36.4 Å². The summed E-state index contributed by atoms with van der Waals surface area (Å²) in [5, 5.41) is 10.1. The fraction of sp³-hybridized carbons (Fsp3) is 0. The normalized spacial score (nSPS) is 11.0. The molecule has 3 aromatic rings. The molecule has 2 aromatic carbocycles. The van der Waals surface area contributed by atoms with Gasteiger partial charge in [-0.15, -0.1) is 0 Å². The summed E-state index contributed by atoms with van der Waals surface area (Å²) in [5.74, 6) is -3.26. The minimum atomic E-state index is -1.21. The molecule has 0 unspecified atom stereocenters. The molecule has 0 amide bonds. The highest BCUT2D eigenvalue weighted by atomic mass is 35.5. The number of hydrogen-bond donors (Lipinski definition) is 1. The first kappa shape index (κ1) is 15.6. The quantitative estimate of drug-likeness (QED) is 0.690. The third-order valence-electron chi connectivity index (χ3n) is 3.28. The molecule has 0 saturated heterocycles. The van der Waals surface area contributed by atoms with Crippen LogP contribution >= 0.6 is 23.2 Å². The number of rotatable bonds is 2. The zero-order chi connectivity index (χ0) is 16.7. The molecular weight excluding hydrogens is 347 g/mol. The van der Waals surface area contributed by atoms with Gasteiger partial charge < -0.3 is 5.11 Å². The van der Waals surface area contributed by atoms with E-state index in [1.807, 2.05) is 0 Å². The minimum absolute atomic E-state index is 0.0841. The smallest absolute Gasteiger partial charge is 0.336 e. The molecule has 0 saturated carbocycles. The van der Waals surface area contributed by atoms with Crippen LogP contribution in [0.1, 0.15) is 10.4 Å². The molecule has 116 valence electrons. The van der Waals surface area contributed by atoms with Gasteiger partial charge in [-0.3, -0.25) is 0 Å². The number of nitrogens with zero attached hydrogens (tertiary/aromatic N) is 1. The summed E-state index contributed by atoms with van der Waals surface area (Å²) in [6.07, 6.45) is 0. The van der Waals surface area contributed by atoms with Crippen LogP contribution in [-0.4, -0.2) is 16.1 Å². The molecule has 0 radical (unpaired) electrons. The molecule has 0 spiro atoms. The van der Waals surface area contributed by atoms with Crippen molar-refractivity contribution >= 4 is 40.1 Å². The van der Waals surface area contributed by atoms with E-state index in [1.54, 1.807) is 0 Å². The highest BCUT2D eigenvalue weighted by Crippen LogP contribution is 2.32. The summed E-state index contributed by atoms with van der Waals surface area (Å²) < 4.78 is 26.5. The molecular formula is C16H7Cl2F2NO2. The fourth-order valence-corrected chi connectivity index (χ4v) is 2.77. The Morgan fingerprint density at radius 1 is 1.04 bits per heavy atom. The molecule has 0 aliphatic rings. The topological polar surface area (TPSA) is 50.2 Å². The molecule has 1 aromatic heterocycles. The first-order valence-electron chi connectivity index (χ1n) is 6.35. The largest absolute Gasteiger partial charge is 0.478 e. The lowest BCUT2D eigenvalue weighted by Gasteiger charge is -2.09. The van der Waals surface area contributed by atoms with Crippen LogP contribution < -0.4 is 0 Å². The molecule has 0 aliphatic carbocycles. The molecule has 1 heterocycles. The van der Waals surface area contributed by atoms with Crippen molar-refractivity contribution in [3.63, 3.8) is 0 Å². The summed E-state index contributed by atoms with van der Waals surface area (Å²) in [6, 6.07) is 7.33. The average Bonchev–Trinajstić information content (AvgIpc) is 2.49. The van der Waals surface area contributed by atoms with Gasteiger partial charge in [0.15, 0.2) is 11.6 Å². The number of aromatic nitrogens is 1. The molecule has 0 aliphatic heterocycles. The Hall–Kier alpha value is -2.24. The van der Waals surface area contributed by atoms with Gasteiger partial charge in [0.05, 0.1) is 21.8 Å². The summed E-state index contributed by atoms with van der Waals surface area (Å²) >= 11 is 12.0. The van der Waals surface area contributed by atoms with Gasteiger partial charge in [-0.2, -0.15) is 0 Å². The van der Waals surface area contributed by atoms with E-state index in [0.717, 1.165) is 12.1 Å². The number of fused-ring (bicyclic) bond motifs is 1. The summed E-state index contributed by atoms with van der Waals surface area (Å²) in [4.78, 5) is 15.8. The van der Waals surface area contributed by atoms with E-state index >= 15 is 0 Å². The summed E-state index contributed by atoms with van der Waals surface area (Å²) in [5.41, 5.74) is 0.534. The molecule has 0 bridgehead atoms. The average molecular weight is 354 g/mol. The standard InChI is InChI=1S/C16H7Cl2F2NO2/c17-8-4-9-10(16(22)23)6-14(21-15(9)11(18)5-8)7-1-2-12(19)13(20)3-7/h1-6H,(H,22,23). The van der Waals surface area contributed by atoms with Crippen LogP contribution in [0.3, 0.4) is 0 Å². The number of carboxylic acid groups (broad SMARTS) is 1. The Kier molecular flexibility index (Phi) is 3.92. The van der Waals surface area contributed by atoms with Gasteiger partial charge in [-0.05, 0) is 36.4 Å². The number of aromatic carboxylic acids is 1. The number of pyridine rings is 1. The first-order chi connectivity index (χ1) is 10.9. The van der Waals surface area contributed by atoms with Gasteiger partial charge in [-0.25, -0.2) is 18.6 Å². The number of halogens is 4. The molecule has 3 rings (SSSR count). The lowest BCUT2D eigenvalue weighted by atomic mass is 10.0. The Morgan fingerprint density at radius 3 is 2.43 bits per heavy atom. The van der Waals surface area contributed by atoms with Crippen molar-refractivity contribution in [2.45, 2.75) is 0 Å². The first-order valence-corrected chi connectivity index (χ1v) is 7.11. The third-order valence-corrected chi connectivity index (χ3v) is 3.78. The van der Waals surface area contributed by atoms with Crippen LogP contribution in [0.4, 0.5) is 8.78 Å². The van der Waals surface area contributed by atoms with E-state index in [1.165, 1.54) is 24.3 Å². The van der Waals surface area contributed by atoms with E-state index in [0.29, 0.717) is 0 Å². The Bertz CT molecular complexity index is 960. The maximum Gasteiger partial charge on any atom is 0.336 e. The second-order valence-electron chi connectivity index (χ2n) is 4.77. The van der Waals surface area contributed by atoms with Crippen LogP contribution in [0.25, 0.3) is 22.2 Å². The van der Waals surface area contributed by atoms with Crippen molar-refractivity contribution in [2.24, 2.45) is 0 Å². The fourth-order valence-electron chi connectivity index (χ4n) is 2.23. The van der Waals surface area contributed by atoms with Gasteiger partial charge >= 0.3 is 5.97 Å². The van der Waals surface area contributed by atoms with Crippen molar-refractivity contribution in [1.82, 2.24) is 4.98 Å². The predicted octanol–water partition coefficient (Wildman–Crippen LogP) is 5.19. The number of carboxylic acids is 1. The van der Waals surface area contributed by atoms with E-state index in [2.05, 4.69) is 4.98 Å². The second kappa shape index (κ2) is 5.76. The van der Waals surface area contributed by atoms with Gasteiger partial charge in [-0.1, -0.05) is 23.2 Å². The molecule has 7 heteroatoms. The number of carbonyl (C=O) groups is 1. The minimum Gasteiger partial charge on any atom is -0.478 e. The van der Waals surface area contributed by atoms with E-state index in [4.69, 9.17) is 23.2 Å². The highest BCUT2D eigenvalue weighted by Gasteiger charge is 2.16. The summed E-state index contributed by atoms with van der Waals surface area (Å²) in [7, 11) is 0. The number of benzene rings is 2. The van der Waals surface area contributed by atoms with E-state index < -0.39 is 17.6 Å². The molecule has 1 N–H and O–H groups in total. The van der Waals surface area contributed by atoms with Gasteiger partial charge in [0.25, 0.3) is 0 Å². The Balaban J connectivity index is 2.34. The van der Waals surface area contributed by atoms with Crippen LogP contribution in [-0.2, 0) is 0 Å². The lowest BCUT2D eigenvalue weighted by molar-refractivity contribution is 0.0699. The van der Waals surface area contributed by atoms with Crippen LogP contribution in [0.5, 0.6) is 0 Å². The highest BCUT2D eigenvalue weighted by molar-refractivity contribution is 6.38. The van der Waals surface area contributed by atoms with Gasteiger partial charge in [0, 0.05) is 16.0 Å². The van der Waals surface area contributed by atoms with Gasteiger partial charge in [0.1, 0.15) is 0 Å². The lowest BCUT2D eigenvalue weighted by Crippen LogP contribution is -2.01. The van der Waals surface area contributed by atoms with E-state index in [-0.39, 0.29) is 37.8 Å². The molecule has 0 fully saturated rings. The van der Waals surface area contributed by atoms with Crippen molar-refractivity contribution in [3.8, 4) is 11.3 Å². The molecule has 3 nitrogen and oxygen atoms in total. The molecule has 23 heavy (non-hydrogen) atoms. The van der Waals surface area contributed by atoms with E-state index in [9.17, 15) is 18.7 Å². The van der Waals surface area contributed by atoms with Crippen molar-refractivity contribution < 1.29 is 18.7 Å². The van der Waals surface area contributed by atoms with Crippen molar-refractivity contribution in [3.05, 3.63) is 63.6 Å². The van der Waals surface area contributed by atoms with Crippen molar-refractivity contribution in [1.29, 1.82) is 0 Å². The Labute approximate surface area is 139 Å². The SMILES string of the molecule is O=C(O)c1cc(-c2ccc(F)c(F)c2)nc2c(Cl)cc(Cl)cc12. The van der Waals surface area contributed by atoms with Crippen LogP contribution in [0, 0.1) is 11.6 Å². The van der Waals surface area contributed by atoms with Crippen LogP contribution in [0.2, 0.25) is 10.0 Å². The van der Waals surface area contributed by atoms with Gasteiger partial charge in [0.2, 0.25) is 0 Å². The maximum atomic E-state index is 13.4. The number of hydrogen-bond acceptors (Lipinski definition) is 2. The predicted molar refractivity (Wildman–Crippen MR) is 84.1 cm³/mol. The Morgan fingerprint density at radius 2 is 1.78 bits per heavy atom. The molecule has 0 atom stereocenters. The monoisotopic (exact) mass is 353 g/mol. The summed E-state index contributed by atoms with van der Waals surface area (Å²) in [6.45, 7) is 0.